The second-order valence-electron chi connectivity index (χ2n) is 6.36. The van der Waals surface area contributed by atoms with Gasteiger partial charge in [-0.05, 0) is 43.9 Å². The quantitative estimate of drug-likeness (QED) is 0.700. The Morgan fingerprint density at radius 1 is 1.11 bits per heavy atom. The van der Waals surface area contributed by atoms with E-state index in [1.54, 1.807) is 0 Å². The lowest BCUT2D eigenvalue weighted by Crippen LogP contribution is -2.58. The molecular formula is C15H28N2O. The van der Waals surface area contributed by atoms with Gasteiger partial charge in [0.05, 0.1) is 6.61 Å². The maximum Gasteiger partial charge on any atom is 0.0593 e. The minimum atomic E-state index is 0.770. The lowest BCUT2D eigenvalue weighted by atomic mass is 10.0. The lowest BCUT2D eigenvalue weighted by molar-refractivity contribution is 0.0556. The van der Waals surface area contributed by atoms with Gasteiger partial charge in [-0.15, -0.1) is 0 Å². The van der Waals surface area contributed by atoms with Gasteiger partial charge in [0.15, 0.2) is 0 Å². The maximum absolute atomic E-state index is 5.68. The van der Waals surface area contributed by atoms with Gasteiger partial charge in [-0.1, -0.05) is 6.92 Å². The molecular weight excluding hydrogens is 224 g/mol. The highest BCUT2D eigenvalue weighted by atomic mass is 16.5. The number of rotatable bonds is 7. The van der Waals surface area contributed by atoms with Gasteiger partial charge in [-0.25, -0.2) is 0 Å². The van der Waals surface area contributed by atoms with Crippen LogP contribution in [0.25, 0.3) is 0 Å². The number of nitrogens with one attached hydrogen (secondary N) is 1. The van der Waals surface area contributed by atoms with Crippen LogP contribution in [0.4, 0.5) is 0 Å². The summed E-state index contributed by atoms with van der Waals surface area (Å²) < 4.78 is 5.68. The summed E-state index contributed by atoms with van der Waals surface area (Å²) in [7, 11) is 0. The Morgan fingerprint density at radius 3 is 2.56 bits per heavy atom. The van der Waals surface area contributed by atoms with E-state index in [1.807, 2.05) is 0 Å². The van der Waals surface area contributed by atoms with E-state index in [2.05, 4.69) is 17.1 Å². The molecule has 1 heterocycles. The van der Waals surface area contributed by atoms with Crippen LogP contribution in [0.3, 0.4) is 0 Å². The van der Waals surface area contributed by atoms with E-state index in [0.29, 0.717) is 0 Å². The van der Waals surface area contributed by atoms with Crippen LogP contribution in [-0.4, -0.2) is 49.8 Å². The molecule has 3 heteroatoms. The van der Waals surface area contributed by atoms with E-state index in [-0.39, 0.29) is 0 Å². The fraction of sp³-hybridized carbons (Fsp3) is 1.00. The van der Waals surface area contributed by atoms with Crippen LogP contribution >= 0.6 is 0 Å². The largest absolute Gasteiger partial charge is 0.380 e. The van der Waals surface area contributed by atoms with Gasteiger partial charge in [-0.3, -0.25) is 4.90 Å². The second-order valence-corrected chi connectivity index (χ2v) is 6.36. The SMILES string of the molecule is CCCOCCN1CC(C2CC2)NCC1C1CC1. The van der Waals surface area contributed by atoms with Gasteiger partial charge in [0.25, 0.3) is 0 Å². The molecule has 2 aliphatic carbocycles. The van der Waals surface area contributed by atoms with Crippen LogP contribution in [0, 0.1) is 11.8 Å². The highest BCUT2D eigenvalue weighted by Crippen LogP contribution is 2.39. The zero-order valence-electron chi connectivity index (χ0n) is 11.7. The first kappa shape index (κ1) is 12.9. The van der Waals surface area contributed by atoms with Crippen molar-refractivity contribution in [2.75, 3.05) is 32.8 Å². The Labute approximate surface area is 111 Å². The molecule has 3 rings (SSSR count). The standard InChI is InChI=1S/C15H28N2O/c1-2-8-18-9-7-17-11-14(12-3-4-12)16-10-15(17)13-5-6-13/h12-16H,2-11H2,1H3. The van der Waals surface area contributed by atoms with Crippen molar-refractivity contribution in [2.45, 2.75) is 51.1 Å². The van der Waals surface area contributed by atoms with Crippen molar-refractivity contribution < 1.29 is 4.74 Å². The average molecular weight is 252 g/mol. The van der Waals surface area contributed by atoms with E-state index in [4.69, 9.17) is 4.74 Å². The van der Waals surface area contributed by atoms with Gasteiger partial charge in [0.2, 0.25) is 0 Å². The van der Waals surface area contributed by atoms with E-state index >= 15 is 0 Å². The molecule has 0 aromatic carbocycles. The Morgan fingerprint density at radius 2 is 1.89 bits per heavy atom. The van der Waals surface area contributed by atoms with E-state index in [0.717, 1.165) is 50.1 Å². The molecule has 1 saturated heterocycles. The predicted octanol–water partition coefficient (Wildman–Crippen LogP) is 1.88. The number of hydrogen-bond donors (Lipinski definition) is 1. The summed E-state index contributed by atoms with van der Waals surface area (Å²) in [5, 5.41) is 3.80. The number of hydrogen-bond acceptors (Lipinski definition) is 3. The Kier molecular flexibility index (Phi) is 4.22. The monoisotopic (exact) mass is 252 g/mol. The van der Waals surface area contributed by atoms with Crippen molar-refractivity contribution >= 4 is 0 Å². The average Bonchev–Trinajstić information content (AvgIpc) is 3.28. The zero-order valence-corrected chi connectivity index (χ0v) is 11.7. The molecule has 104 valence electrons. The summed E-state index contributed by atoms with van der Waals surface area (Å²) in [6.07, 6.45) is 6.94. The molecule has 1 N–H and O–H groups in total. The Bertz CT molecular complexity index is 263. The van der Waals surface area contributed by atoms with Gasteiger partial charge in [0, 0.05) is 38.3 Å². The second kappa shape index (κ2) is 5.89. The van der Waals surface area contributed by atoms with E-state index in [9.17, 15) is 0 Å². The van der Waals surface area contributed by atoms with Crippen LogP contribution in [-0.2, 0) is 4.74 Å². The molecule has 2 atom stereocenters. The highest BCUT2D eigenvalue weighted by Gasteiger charge is 2.42. The van der Waals surface area contributed by atoms with Gasteiger partial charge < -0.3 is 10.1 Å². The highest BCUT2D eigenvalue weighted by molar-refractivity contribution is 4.98. The molecule has 0 spiro atoms. The molecule has 0 aromatic rings. The Hall–Kier alpha value is -0.120. The minimum Gasteiger partial charge on any atom is -0.380 e. The van der Waals surface area contributed by atoms with Crippen molar-refractivity contribution in [3.63, 3.8) is 0 Å². The summed E-state index contributed by atoms with van der Waals surface area (Å²) >= 11 is 0. The van der Waals surface area contributed by atoms with Gasteiger partial charge in [-0.2, -0.15) is 0 Å². The molecule has 2 saturated carbocycles. The summed E-state index contributed by atoms with van der Waals surface area (Å²) in [4.78, 5) is 2.73. The molecule has 0 amide bonds. The van der Waals surface area contributed by atoms with Crippen molar-refractivity contribution in [3.05, 3.63) is 0 Å². The molecule has 3 aliphatic rings. The zero-order chi connectivity index (χ0) is 12.4. The van der Waals surface area contributed by atoms with Crippen LogP contribution in [0.5, 0.6) is 0 Å². The number of piperazine rings is 1. The smallest absolute Gasteiger partial charge is 0.0593 e. The predicted molar refractivity (Wildman–Crippen MR) is 73.7 cm³/mol. The Balaban J connectivity index is 1.48. The van der Waals surface area contributed by atoms with E-state index in [1.165, 1.54) is 38.8 Å². The minimum absolute atomic E-state index is 0.770. The third kappa shape index (κ3) is 3.25. The molecule has 1 aliphatic heterocycles. The number of nitrogens with zero attached hydrogens (tertiary/aromatic N) is 1. The summed E-state index contributed by atoms with van der Waals surface area (Å²) in [6.45, 7) is 7.66. The van der Waals surface area contributed by atoms with Gasteiger partial charge >= 0.3 is 0 Å². The maximum atomic E-state index is 5.68. The molecule has 3 fully saturated rings. The first-order valence-electron chi connectivity index (χ1n) is 7.93. The van der Waals surface area contributed by atoms with Crippen molar-refractivity contribution in [2.24, 2.45) is 11.8 Å². The topological polar surface area (TPSA) is 24.5 Å². The molecule has 0 bridgehead atoms. The van der Waals surface area contributed by atoms with Crippen molar-refractivity contribution in [3.8, 4) is 0 Å². The van der Waals surface area contributed by atoms with Crippen LogP contribution in [0.1, 0.15) is 39.0 Å². The van der Waals surface area contributed by atoms with Crippen molar-refractivity contribution in [1.82, 2.24) is 10.2 Å². The third-order valence-electron chi connectivity index (χ3n) is 4.72. The number of ether oxygens (including phenoxy) is 1. The lowest BCUT2D eigenvalue weighted by Gasteiger charge is -2.41. The summed E-state index contributed by atoms with van der Waals surface area (Å²) in [6, 6.07) is 1.57. The van der Waals surface area contributed by atoms with Crippen LogP contribution in [0.15, 0.2) is 0 Å². The summed E-state index contributed by atoms with van der Waals surface area (Å²) in [5.41, 5.74) is 0. The molecule has 2 unspecified atom stereocenters. The normalized spacial score (nSPS) is 33.8. The van der Waals surface area contributed by atoms with Crippen LogP contribution < -0.4 is 5.32 Å². The first-order valence-corrected chi connectivity index (χ1v) is 7.93. The molecule has 0 radical (unpaired) electrons. The fourth-order valence-corrected chi connectivity index (χ4v) is 3.30. The van der Waals surface area contributed by atoms with E-state index < -0.39 is 0 Å². The fourth-order valence-electron chi connectivity index (χ4n) is 3.30. The summed E-state index contributed by atoms with van der Waals surface area (Å²) in [5.74, 6) is 1.95. The van der Waals surface area contributed by atoms with Gasteiger partial charge in [0.1, 0.15) is 0 Å². The first-order chi connectivity index (χ1) is 8.88. The molecule has 3 nitrogen and oxygen atoms in total. The third-order valence-corrected chi connectivity index (χ3v) is 4.72. The van der Waals surface area contributed by atoms with Crippen molar-refractivity contribution in [1.29, 1.82) is 0 Å². The van der Waals surface area contributed by atoms with Crippen LogP contribution in [0.2, 0.25) is 0 Å². The molecule has 18 heavy (non-hydrogen) atoms. The molecule has 0 aromatic heterocycles.